The average molecular weight is 446 g/mol. The Morgan fingerprint density at radius 3 is 2.53 bits per heavy atom. The highest BCUT2D eigenvalue weighted by Crippen LogP contribution is 2.30. The van der Waals surface area contributed by atoms with Crippen LogP contribution in [0.1, 0.15) is 40.3 Å². The third kappa shape index (κ3) is 5.85. The van der Waals surface area contributed by atoms with Crippen molar-refractivity contribution in [2.75, 3.05) is 14.2 Å². The lowest BCUT2D eigenvalue weighted by Crippen LogP contribution is -2.29. The van der Waals surface area contributed by atoms with Crippen LogP contribution in [0.4, 0.5) is 13.2 Å². The summed E-state index contributed by atoms with van der Waals surface area (Å²) < 4.78 is 39.3. The largest absolute Gasteiger partial charge is 0.416 e. The number of likely N-dealkylation sites (N-methyl/N-ethyl adjacent to an activating group) is 1. The molecule has 0 aliphatic heterocycles. The molecule has 0 aliphatic rings. The summed E-state index contributed by atoms with van der Waals surface area (Å²) in [5.41, 5.74) is 1.05. The molecule has 0 radical (unpaired) electrons. The maximum atomic E-state index is 13.1. The molecule has 168 valence electrons. The second-order valence-corrected chi connectivity index (χ2v) is 6.66. The Kier molecular flexibility index (Phi) is 7.96. The molecule has 0 aliphatic carbocycles. The molecule has 7 nitrogen and oxygen atoms in total. The van der Waals surface area contributed by atoms with E-state index in [2.05, 4.69) is 15.6 Å². The van der Waals surface area contributed by atoms with Crippen molar-refractivity contribution in [2.24, 2.45) is 10.3 Å². The molecular formula is C22H21F3N4O3. The van der Waals surface area contributed by atoms with E-state index in [-0.39, 0.29) is 29.2 Å². The fraction of sp³-hybridized carbons (Fsp3) is 0.273. The summed E-state index contributed by atoms with van der Waals surface area (Å²) in [6.07, 6.45) is -4.60. The fourth-order valence-corrected chi connectivity index (χ4v) is 2.85. The summed E-state index contributed by atoms with van der Waals surface area (Å²) in [5.74, 6) is -0.466. The van der Waals surface area contributed by atoms with Gasteiger partial charge in [-0.2, -0.15) is 18.4 Å². The molecule has 0 aromatic heterocycles. The molecule has 2 aromatic rings. The van der Waals surface area contributed by atoms with E-state index in [1.54, 1.807) is 31.2 Å². The molecule has 0 unspecified atom stereocenters. The quantitative estimate of drug-likeness (QED) is 0.515. The highest BCUT2D eigenvalue weighted by Gasteiger charge is 2.31. The van der Waals surface area contributed by atoms with Crippen molar-refractivity contribution in [3.05, 3.63) is 69.8 Å². The molecule has 1 N–H and O–H groups in total. The van der Waals surface area contributed by atoms with E-state index in [1.807, 2.05) is 0 Å². The first-order chi connectivity index (χ1) is 15.1. The minimum Gasteiger partial charge on any atom is -0.398 e. The van der Waals surface area contributed by atoms with Gasteiger partial charge in [-0.3, -0.25) is 4.79 Å². The highest BCUT2D eigenvalue weighted by molar-refractivity contribution is 6.45. The third-order valence-electron chi connectivity index (χ3n) is 4.51. The minimum atomic E-state index is -4.60. The number of nitriles is 1. The lowest BCUT2D eigenvalue weighted by molar-refractivity contribution is -0.137. The van der Waals surface area contributed by atoms with Gasteiger partial charge >= 0.3 is 6.18 Å². The van der Waals surface area contributed by atoms with Gasteiger partial charge in [-0.15, -0.1) is 0 Å². The molecule has 0 heterocycles. The van der Waals surface area contributed by atoms with Gasteiger partial charge in [-0.25, -0.2) is 0 Å². The first kappa shape index (κ1) is 24.4. The number of aryl methyl sites for hydroxylation is 1. The SMILES string of the molecule is CNC(=O)/C(=N/OC)c1cccc(C)c1CO/N=C(\C)c1cc(C#N)cc(C(F)(F)F)c1. The lowest BCUT2D eigenvalue weighted by Gasteiger charge is -2.13. The Bertz CT molecular complexity index is 1100. The van der Waals surface area contributed by atoms with Gasteiger partial charge < -0.3 is 15.0 Å². The van der Waals surface area contributed by atoms with Crippen LogP contribution in [0, 0.1) is 18.3 Å². The zero-order valence-electron chi connectivity index (χ0n) is 17.9. The number of amides is 1. The molecule has 32 heavy (non-hydrogen) atoms. The molecule has 0 spiro atoms. The van der Waals surface area contributed by atoms with Gasteiger partial charge in [0.2, 0.25) is 0 Å². The van der Waals surface area contributed by atoms with Crippen LogP contribution in [-0.2, 0) is 27.3 Å². The summed E-state index contributed by atoms with van der Waals surface area (Å²) in [5, 5.41) is 19.2. The molecule has 0 saturated heterocycles. The zero-order valence-corrected chi connectivity index (χ0v) is 17.9. The molecule has 0 atom stereocenters. The van der Waals surface area contributed by atoms with E-state index >= 15 is 0 Å². The van der Waals surface area contributed by atoms with Crippen molar-refractivity contribution in [3.63, 3.8) is 0 Å². The summed E-state index contributed by atoms with van der Waals surface area (Å²) in [6.45, 7) is 3.19. The zero-order chi connectivity index (χ0) is 23.9. The molecule has 0 fully saturated rings. The predicted octanol–water partition coefficient (Wildman–Crippen LogP) is 3.92. The van der Waals surface area contributed by atoms with Gasteiger partial charge in [0.15, 0.2) is 5.71 Å². The van der Waals surface area contributed by atoms with Crippen molar-refractivity contribution in [2.45, 2.75) is 26.6 Å². The van der Waals surface area contributed by atoms with Gasteiger partial charge in [-0.1, -0.05) is 28.5 Å². The van der Waals surface area contributed by atoms with Crippen LogP contribution in [0.2, 0.25) is 0 Å². The molecular weight excluding hydrogens is 425 g/mol. The molecule has 2 rings (SSSR count). The summed E-state index contributed by atoms with van der Waals surface area (Å²) in [4.78, 5) is 22.4. The lowest BCUT2D eigenvalue weighted by atomic mass is 9.98. The number of hydrogen-bond acceptors (Lipinski definition) is 6. The molecule has 0 saturated carbocycles. The number of alkyl halides is 3. The first-order valence-corrected chi connectivity index (χ1v) is 9.33. The Morgan fingerprint density at radius 2 is 1.94 bits per heavy atom. The van der Waals surface area contributed by atoms with Gasteiger partial charge in [0.05, 0.1) is 22.9 Å². The van der Waals surface area contributed by atoms with Crippen LogP contribution in [0.5, 0.6) is 0 Å². The van der Waals surface area contributed by atoms with E-state index in [0.29, 0.717) is 11.1 Å². The Balaban J connectivity index is 2.35. The summed E-state index contributed by atoms with van der Waals surface area (Å²) in [7, 11) is 2.77. The van der Waals surface area contributed by atoms with Crippen LogP contribution in [0.25, 0.3) is 0 Å². The standard InChI is InChI=1S/C22H21F3N4O3/c1-13-6-5-7-18(20(29-31-4)21(30)27-3)19(13)12-32-28-14(2)16-8-15(11-26)9-17(10-16)22(23,24)25/h5-10H,12H2,1-4H3,(H,27,30)/b28-14+,29-20+. The number of halogens is 3. The number of rotatable bonds is 7. The van der Waals surface area contributed by atoms with Crippen molar-refractivity contribution >= 4 is 17.3 Å². The topological polar surface area (TPSA) is 96.1 Å². The Labute approximate surface area is 183 Å². The fourth-order valence-electron chi connectivity index (χ4n) is 2.85. The second kappa shape index (κ2) is 10.4. The average Bonchev–Trinajstić information content (AvgIpc) is 2.77. The number of carbonyl (C=O) groups excluding carboxylic acids is 1. The summed E-state index contributed by atoms with van der Waals surface area (Å²) in [6, 6.07) is 9.89. The third-order valence-corrected chi connectivity index (χ3v) is 4.51. The molecule has 0 bridgehead atoms. The van der Waals surface area contributed by atoms with Crippen molar-refractivity contribution in [1.29, 1.82) is 5.26 Å². The van der Waals surface area contributed by atoms with Crippen molar-refractivity contribution < 1.29 is 27.6 Å². The van der Waals surface area contributed by atoms with Crippen LogP contribution >= 0.6 is 0 Å². The van der Waals surface area contributed by atoms with Gasteiger partial charge in [0.25, 0.3) is 5.91 Å². The van der Waals surface area contributed by atoms with Crippen molar-refractivity contribution in [3.8, 4) is 6.07 Å². The highest BCUT2D eigenvalue weighted by atomic mass is 19.4. The Hall–Kier alpha value is -3.87. The van der Waals surface area contributed by atoms with Crippen LogP contribution in [-0.4, -0.2) is 31.5 Å². The Morgan fingerprint density at radius 1 is 1.22 bits per heavy atom. The van der Waals surface area contributed by atoms with Crippen LogP contribution in [0.15, 0.2) is 46.7 Å². The number of nitrogens with zero attached hydrogens (tertiary/aromatic N) is 3. The van der Waals surface area contributed by atoms with Crippen LogP contribution in [0.3, 0.4) is 0 Å². The molecule has 1 amide bonds. The maximum absolute atomic E-state index is 13.1. The minimum absolute atomic E-state index is 0.0366. The van der Waals surface area contributed by atoms with Gasteiger partial charge in [0, 0.05) is 23.7 Å². The first-order valence-electron chi connectivity index (χ1n) is 9.33. The van der Waals surface area contributed by atoms with Crippen molar-refractivity contribution in [1.82, 2.24) is 5.32 Å². The number of nitrogens with one attached hydrogen (secondary N) is 1. The number of carbonyl (C=O) groups is 1. The normalized spacial score (nSPS) is 12.2. The van der Waals surface area contributed by atoms with E-state index in [4.69, 9.17) is 14.9 Å². The van der Waals surface area contributed by atoms with E-state index in [0.717, 1.165) is 17.7 Å². The van der Waals surface area contributed by atoms with Gasteiger partial charge in [0.1, 0.15) is 13.7 Å². The van der Waals surface area contributed by atoms with E-state index in [1.165, 1.54) is 27.1 Å². The second-order valence-electron chi connectivity index (χ2n) is 6.66. The molecule has 2 aromatic carbocycles. The number of oxime groups is 2. The monoisotopic (exact) mass is 446 g/mol. The molecule has 10 heteroatoms. The maximum Gasteiger partial charge on any atom is 0.416 e. The number of hydrogen-bond donors (Lipinski definition) is 1. The van der Waals surface area contributed by atoms with Crippen LogP contribution < -0.4 is 5.32 Å². The smallest absolute Gasteiger partial charge is 0.398 e. The van der Waals surface area contributed by atoms with E-state index < -0.39 is 17.6 Å². The van der Waals surface area contributed by atoms with E-state index in [9.17, 15) is 18.0 Å². The predicted molar refractivity (Wildman–Crippen MR) is 112 cm³/mol. The number of benzene rings is 2. The van der Waals surface area contributed by atoms with Gasteiger partial charge in [-0.05, 0) is 37.6 Å². The summed E-state index contributed by atoms with van der Waals surface area (Å²) >= 11 is 0.